The Morgan fingerprint density at radius 3 is 2.42 bits per heavy atom. The predicted octanol–water partition coefficient (Wildman–Crippen LogP) is 7.05. The number of nitrogens with zero attached hydrogens (tertiary/aromatic N) is 2. The van der Waals surface area contributed by atoms with Crippen LogP contribution in [0.4, 0.5) is 4.39 Å². The molecule has 1 amide bonds. The van der Waals surface area contributed by atoms with Crippen molar-refractivity contribution in [3.63, 3.8) is 0 Å². The summed E-state index contributed by atoms with van der Waals surface area (Å²) in [5, 5.41) is 10.6. The summed E-state index contributed by atoms with van der Waals surface area (Å²) < 4.78 is 16.6. The Kier molecular flexibility index (Phi) is 9.72. The normalized spacial score (nSPS) is 23.2. The Labute approximate surface area is 227 Å². The van der Waals surface area contributed by atoms with Crippen LogP contribution in [0.2, 0.25) is 10.0 Å². The number of carbonyl (C=O) groups is 2. The summed E-state index contributed by atoms with van der Waals surface area (Å²) in [7, 11) is 1.99. The van der Waals surface area contributed by atoms with E-state index in [0.717, 1.165) is 11.3 Å². The van der Waals surface area contributed by atoms with Gasteiger partial charge in [-0.25, -0.2) is 4.39 Å². The summed E-state index contributed by atoms with van der Waals surface area (Å²) in [6.07, 6.45) is 0.604. The second kappa shape index (κ2) is 12.2. The van der Waals surface area contributed by atoms with E-state index in [9.17, 15) is 19.1 Å². The van der Waals surface area contributed by atoms with Crippen LogP contribution in [-0.4, -0.2) is 51.6 Å². The molecule has 0 spiro atoms. The lowest BCUT2D eigenvalue weighted by molar-refractivity contribution is -0.160. The van der Waals surface area contributed by atoms with Gasteiger partial charge in [-0.05, 0) is 61.3 Å². The number of likely N-dealkylation sites (N-methyl/N-ethyl adjacent to an activating group) is 1. The quantitative estimate of drug-likeness (QED) is 0.319. The maximum atomic E-state index is 14.5. The van der Waals surface area contributed by atoms with Gasteiger partial charge in [-0.2, -0.15) is 0 Å². The fraction of sp³-hybridized carbons (Fsp3) is 0.481. The molecule has 0 unspecified atom stereocenters. The number of piperidine rings is 1. The largest absolute Gasteiger partial charge is 0.481 e. The van der Waals surface area contributed by atoms with Crippen LogP contribution in [0, 0.1) is 11.2 Å². The molecular weight excluding hydrogens is 522 g/mol. The van der Waals surface area contributed by atoms with Crippen molar-refractivity contribution < 1.29 is 19.1 Å². The minimum Gasteiger partial charge on any atom is -0.481 e. The van der Waals surface area contributed by atoms with E-state index < -0.39 is 23.2 Å². The number of likely N-dealkylation sites (tertiary alicyclic amines) is 1. The van der Waals surface area contributed by atoms with Gasteiger partial charge in [0.25, 0.3) is 0 Å². The van der Waals surface area contributed by atoms with Crippen molar-refractivity contribution in [3.8, 4) is 0 Å². The average molecular weight is 556 g/mol. The van der Waals surface area contributed by atoms with E-state index in [2.05, 4.69) is 11.2 Å². The van der Waals surface area contributed by atoms with Gasteiger partial charge in [0.2, 0.25) is 5.91 Å². The highest BCUT2D eigenvalue weighted by molar-refractivity contribution is 7.96. The summed E-state index contributed by atoms with van der Waals surface area (Å²) in [6, 6.07) is 11.1. The molecule has 2 aromatic rings. The number of halogens is 3. The van der Waals surface area contributed by atoms with Crippen molar-refractivity contribution in [2.24, 2.45) is 5.41 Å². The van der Waals surface area contributed by atoms with Gasteiger partial charge in [-0.3, -0.25) is 13.9 Å². The third-order valence-electron chi connectivity index (χ3n) is 6.85. The van der Waals surface area contributed by atoms with Crippen molar-refractivity contribution in [2.45, 2.75) is 58.0 Å². The van der Waals surface area contributed by atoms with Crippen LogP contribution in [0.15, 0.2) is 42.5 Å². The molecule has 3 rings (SSSR count). The van der Waals surface area contributed by atoms with Gasteiger partial charge >= 0.3 is 5.97 Å². The minimum absolute atomic E-state index is 0.192. The number of aliphatic carboxylic acids is 1. The third kappa shape index (κ3) is 6.55. The number of carboxylic acid groups (broad SMARTS) is 1. The molecule has 1 heterocycles. The maximum Gasteiger partial charge on any atom is 0.304 e. The van der Waals surface area contributed by atoms with Gasteiger partial charge in [-0.1, -0.05) is 68.1 Å². The number of hydrogen-bond donors (Lipinski definition) is 1. The van der Waals surface area contributed by atoms with Gasteiger partial charge < -0.3 is 10.0 Å². The highest BCUT2D eigenvalue weighted by atomic mass is 35.5. The highest BCUT2D eigenvalue weighted by Crippen LogP contribution is 2.52. The highest BCUT2D eigenvalue weighted by Gasteiger charge is 2.52. The molecule has 0 bridgehead atoms. The van der Waals surface area contributed by atoms with E-state index in [0.29, 0.717) is 23.6 Å². The Bertz CT molecular complexity index is 1070. The van der Waals surface area contributed by atoms with Gasteiger partial charge in [0.1, 0.15) is 5.82 Å². The standard InChI is InChI=1S/C27H33Cl2FN2O3S/c1-5-22(16-31(4)36-6-2)32-25(17-7-9-19(28)10-8-17)23(18-11-20(29)13-21(30)12-18)14-27(3,26(32)35)15-24(33)34/h7-13,22-23,25H,5-6,14-16H2,1-4H3,(H,33,34)/t22-,23+,25+,27+/m0/s1. The molecule has 1 saturated heterocycles. The first-order valence-electron chi connectivity index (χ1n) is 12.1. The average Bonchev–Trinajstić information content (AvgIpc) is 2.79. The lowest BCUT2D eigenvalue weighted by atomic mass is 9.67. The van der Waals surface area contributed by atoms with E-state index in [1.165, 1.54) is 12.1 Å². The Morgan fingerprint density at radius 2 is 1.86 bits per heavy atom. The van der Waals surface area contributed by atoms with Crippen molar-refractivity contribution in [1.82, 2.24) is 9.21 Å². The molecule has 1 aliphatic rings. The monoisotopic (exact) mass is 554 g/mol. The van der Waals surface area contributed by atoms with E-state index in [1.807, 2.05) is 31.0 Å². The van der Waals surface area contributed by atoms with E-state index in [-0.39, 0.29) is 35.7 Å². The van der Waals surface area contributed by atoms with Gasteiger partial charge in [0.15, 0.2) is 0 Å². The molecule has 0 aliphatic carbocycles. The van der Waals surface area contributed by atoms with Crippen LogP contribution in [0.3, 0.4) is 0 Å². The van der Waals surface area contributed by atoms with Crippen LogP contribution < -0.4 is 0 Å². The third-order valence-corrected chi connectivity index (χ3v) is 8.17. The van der Waals surface area contributed by atoms with E-state index >= 15 is 0 Å². The number of rotatable bonds is 10. The summed E-state index contributed by atoms with van der Waals surface area (Å²) in [6.45, 7) is 6.40. The fourth-order valence-corrected chi connectivity index (χ4v) is 6.39. The van der Waals surface area contributed by atoms with Crippen LogP contribution in [-0.2, 0) is 9.59 Å². The number of benzene rings is 2. The van der Waals surface area contributed by atoms with Crippen molar-refractivity contribution >= 4 is 47.0 Å². The number of carbonyl (C=O) groups excluding carboxylic acids is 1. The zero-order chi connectivity index (χ0) is 26.6. The molecule has 196 valence electrons. The number of hydrogen-bond acceptors (Lipinski definition) is 4. The van der Waals surface area contributed by atoms with Crippen molar-refractivity contribution in [1.29, 1.82) is 0 Å². The predicted molar refractivity (Wildman–Crippen MR) is 145 cm³/mol. The zero-order valence-electron chi connectivity index (χ0n) is 21.0. The molecule has 1 N–H and O–H groups in total. The van der Waals surface area contributed by atoms with Crippen molar-refractivity contribution in [3.05, 3.63) is 69.5 Å². The molecule has 0 radical (unpaired) electrons. The molecule has 0 saturated carbocycles. The molecule has 5 nitrogen and oxygen atoms in total. The molecular formula is C27H33Cl2FN2O3S. The minimum atomic E-state index is -1.16. The summed E-state index contributed by atoms with van der Waals surface area (Å²) in [4.78, 5) is 27.9. The molecule has 4 atom stereocenters. The van der Waals surface area contributed by atoms with Crippen LogP contribution in [0.25, 0.3) is 0 Å². The number of amides is 1. The van der Waals surface area contributed by atoms with Crippen LogP contribution in [0.1, 0.15) is 63.1 Å². The van der Waals surface area contributed by atoms with Crippen LogP contribution >= 0.6 is 35.1 Å². The van der Waals surface area contributed by atoms with Gasteiger partial charge in [0, 0.05) is 34.3 Å². The molecule has 0 aromatic heterocycles. The molecule has 9 heteroatoms. The van der Waals surface area contributed by atoms with E-state index in [1.54, 1.807) is 37.1 Å². The summed E-state index contributed by atoms with van der Waals surface area (Å²) in [5.41, 5.74) is 0.335. The lowest BCUT2D eigenvalue weighted by Crippen LogP contribution is -2.57. The van der Waals surface area contributed by atoms with Crippen LogP contribution in [0.5, 0.6) is 0 Å². The summed E-state index contributed by atoms with van der Waals surface area (Å²) >= 11 is 14.1. The lowest BCUT2D eigenvalue weighted by Gasteiger charge is -2.52. The summed E-state index contributed by atoms with van der Waals surface area (Å²) in [5.74, 6) is -1.20. The first-order chi connectivity index (χ1) is 17.0. The zero-order valence-corrected chi connectivity index (χ0v) is 23.3. The Balaban J connectivity index is 2.23. The second-order valence-electron chi connectivity index (χ2n) is 9.64. The van der Waals surface area contributed by atoms with Crippen molar-refractivity contribution in [2.75, 3.05) is 19.3 Å². The second-order valence-corrected chi connectivity index (χ2v) is 12.0. The topological polar surface area (TPSA) is 60.9 Å². The van der Waals surface area contributed by atoms with E-state index in [4.69, 9.17) is 23.2 Å². The maximum absolute atomic E-state index is 14.5. The first kappa shape index (κ1) is 28.8. The van der Waals surface area contributed by atoms with Gasteiger partial charge in [-0.15, -0.1) is 0 Å². The molecule has 1 fully saturated rings. The van der Waals surface area contributed by atoms with Gasteiger partial charge in [0.05, 0.1) is 17.9 Å². The Morgan fingerprint density at radius 1 is 1.19 bits per heavy atom. The Hall–Kier alpha value is -1.80. The SMILES string of the molecule is CCSN(C)C[C@H](CC)N1C(=O)[C@@](C)(CC(=O)O)C[C@H](c2cc(F)cc(Cl)c2)[C@H]1c1ccc(Cl)cc1. The fourth-order valence-electron chi connectivity index (χ4n) is 5.32. The molecule has 2 aromatic carbocycles. The first-order valence-corrected chi connectivity index (χ1v) is 13.8. The number of carboxylic acids is 1. The molecule has 1 aliphatic heterocycles. The molecule has 36 heavy (non-hydrogen) atoms. The smallest absolute Gasteiger partial charge is 0.304 e.